The summed E-state index contributed by atoms with van der Waals surface area (Å²) in [5.41, 5.74) is 2.33. The van der Waals surface area contributed by atoms with E-state index >= 15 is 0 Å². The first-order chi connectivity index (χ1) is 9.60. The van der Waals surface area contributed by atoms with E-state index in [1.807, 2.05) is 30.3 Å². The quantitative estimate of drug-likeness (QED) is 0.647. The predicted molar refractivity (Wildman–Crippen MR) is 81.4 cm³/mol. The predicted octanol–water partition coefficient (Wildman–Crippen LogP) is 3.90. The molecule has 2 aromatic rings. The number of benzene rings is 2. The zero-order chi connectivity index (χ0) is 14.5. The van der Waals surface area contributed by atoms with E-state index in [9.17, 15) is 10.1 Å². The van der Waals surface area contributed by atoms with Crippen LogP contribution in [0.5, 0.6) is 0 Å². The zero-order valence-corrected chi connectivity index (χ0v) is 11.6. The third-order valence-electron chi connectivity index (χ3n) is 2.86. The van der Waals surface area contributed by atoms with Gasteiger partial charge in [0, 0.05) is 42.1 Å². The lowest BCUT2D eigenvalue weighted by atomic mass is 10.2. The van der Waals surface area contributed by atoms with Crippen molar-refractivity contribution in [3.05, 3.63) is 63.2 Å². The molecule has 20 heavy (non-hydrogen) atoms. The van der Waals surface area contributed by atoms with Gasteiger partial charge in [0.1, 0.15) is 0 Å². The van der Waals surface area contributed by atoms with E-state index in [1.165, 1.54) is 12.1 Å². The number of nitro groups is 1. The number of nitro benzene ring substituents is 1. The van der Waals surface area contributed by atoms with Gasteiger partial charge in [0.05, 0.1) is 4.92 Å². The molecule has 0 bridgehead atoms. The largest absolute Gasteiger partial charge is 0.388 e. The number of nitrogens with zero attached hydrogens (tertiary/aromatic N) is 1. The van der Waals surface area contributed by atoms with Gasteiger partial charge in [-0.05, 0) is 17.7 Å². The minimum Gasteiger partial charge on any atom is -0.388 e. The van der Waals surface area contributed by atoms with Gasteiger partial charge in [-0.2, -0.15) is 0 Å². The van der Waals surface area contributed by atoms with Crippen LogP contribution in [0.15, 0.2) is 42.5 Å². The Hall–Kier alpha value is -2.27. The molecular formula is C14H14ClN3O2. The van der Waals surface area contributed by atoms with Crippen LogP contribution in [0.3, 0.4) is 0 Å². The van der Waals surface area contributed by atoms with Crippen molar-refractivity contribution in [3.63, 3.8) is 0 Å². The van der Waals surface area contributed by atoms with E-state index in [0.717, 1.165) is 5.56 Å². The summed E-state index contributed by atoms with van der Waals surface area (Å²) in [6.45, 7) is 0.504. The highest BCUT2D eigenvalue weighted by Gasteiger charge is 2.09. The third kappa shape index (κ3) is 3.39. The molecule has 0 aliphatic heterocycles. The summed E-state index contributed by atoms with van der Waals surface area (Å²) in [5.74, 6) is 0. The van der Waals surface area contributed by atoms with Gasteiger partial charge in [-0.3, -0.25) is 10.1 Å². The Kier molecular flexibility index (Phi) is 4.42. The van der Waals surface area contributed by atoms with E-state index in [1.54, 1.807) is 7.05 Å². The summed E-state index contributed by atoms with van der Waals surface area (Å²) in [5, 5.41) is 17.6. The normalized spacial score (nSPS) is 10.1. The van der Waals surface area contributed by atoms with E-state index in [-0.39, 0.29) is 5.69 Å². The maximum Gasteiger partial charge on any atom is 0.273 e. The van der Waals surface area contributed by atoms with Crippen molar-refractivity contribution in [1.29, 1.82) is 0 Å². The smallest absolute Gasteiger partial charge is 0.273 e. The number of non-ortho nitro benzene ring substituents is 1. The van der Waals surface area contributed by atoms with Crippen molar-refractivity contribution in [2.45, 2.75) is 6.54 Å². The van der Waals surface area contributed by atoms with E-state index in [4.69, 9.17) is 11.6 Å². The summed E-state index contributed by atoms with van der Waals surface area (Å²) in [7, 11) is 1.72. The second kappa shape index (κ2) is 6.25. The van der Waals surface area contributed by atoms with E-state index in [0.29, 0.717) is 22.9 Å². The summed E-state index contributed by atoms with van der Waals surface area (Å²) < 4.78 is 0. The molecule has 0 aliphatic carbocycles. The Morgan fingerprint density at radius 1 is 1.20 bits per heavy atom. The molecule has 2 rings (SSSR count). The van der Waals surface area contributed by atoms with Crippen LogP contribution in [0.4, 0.5) is 17.1 Å². The lowest BCUT2D eigenvalue weighted by Gasteiger charge is -2.09. The van der Waals surface area contributed by atoms with Crippen molar-refractivity contribution < 1.29 is 4.92 Å². The molecule has 2 aromatic carbocycles. The fraction of sp³-hybridized carbons (Fsp3) is 0.143. The molecule has 5 nitrogen and oxygen atoms in total. The lowest BCUT2D eigenvalue weighted by molar-refractivity contribution is -0.384. The Balaban J connectivity index is 2.19. The van der Waals surface area contributed by atoms with Crippen molar-refractivity contribution in [1.82, 2.24) is 0 Å². The van der Waals surface area contributed by atoms with Crippen LogP contribution in [-0.4, -0.2) is 12.0 Å². The molecule has 0 fully saturated rings. The van der Waals surface area contributed by atoms with Gasteiger partial charge >= 0.3 is 0 Å². The molecule has 0 atom stereocenters. The van der Waals surface area contributed by atoms with Crippen LogP contribution in [0, 0.1) is 10.1 Å². The minimum atomic E-state index is -0.415. The first kappa shape index (κ1) is 14.1. The Morgan fingerprint density at radius 3 is 2.55 bits per heavy atom. The molecule has 6 heteroatoms. The average Bonchev–Trinajstić information content (AvgIpc) is 2.46. The zero-order valence-electron chi connectivity index (χ0n) is 10.9. The van der Waals surface area contributed by atoms with Crippen molar-refractivity contribution >= 4 is 28.7 Å². The molecule has 0 spiro atoms. The Morgan fingerprint density at radius 2 is 1.90 bits per heavy atom. The summed E-state index contributed by atoms with van der Waals surface area (Å²) in [4.78, 5) is 10.5. The number of hydrogen-bond donors (Lipinski definition) is 2. The molecule has 0 aromatic heterocycles. The van der Waals surface area contributed by atoms with Gasteiger partial charge in [-0.15, -0.1) is 0 Å². The van der Waals surface area contributed by atoms with Gasteiger partial charge in [0.2, 0.25) is 0 Å². The van der Waals surface area contributed by atoms with Gasteiger partial charge < -0.3 is 10.6 Å². The third-order valence-corrected chi connectivity index (χ3v) is 3.23. The number of hydrogen-bond acceptors (Lipinski definition) is 4. The standard InChI is InChI=1S/C14H14ClN3O2/c1-16-11-6-12(8-13(7-11)18(19)20)17-9-10-4-2-3-5-14(10)15/h2-8,16-17H,9H2,1H3. The van der Waals surface area contributed by atoms with E-state index < -0.39 is 4.92 Å². The second-order valence-corrected chi connectivity index (χ2v) is 4.63. The highest BCUT2D eigenvalue weighted by Crippen LogP contribution is 2.25. The first-order valence-corrected chi connectivity index (χ1v) is 6.42. The molecule has 0 heterocycles. The van der Waals surface area contributed by atoms with Crippen molar-refractivity contribution in [2.75, 3.05) is 17.7 Å². The second-order valence-electron chi connectivity index (χ2n) is 4.22. The van der Waals surface area contributed by atoms with Crippen LogP contribution in [0.2, 0.25) is 5.02 Å². The van der Waals surface area contributed by atoms with Gasteiger partial charge in [-0.1, -0.05) is 29.8 Å². The Labute approximate surface area is 121 Å². The summed E-state index contributed by atoms with van der Waals surface area (Å²) in [6, 6.07) is 12.3. The number of rotatable bonds is 5. The maximum absolute atomic E-state index is 10.9. The van der Waals surface area contributed by atoms with Gasteiger partial charge in [0.25, 0.3) is 5.69 Å². The number of halogens is 1. The summed E-state index contributed by atoms with van der Waals surface area (Å²) >= 11 is 6.07. The maximum atomic E-state index is 10.9. The molecular weight excluding hydrogens is 278 g/mol. The Bertz CT molecular complexity index is 632. The van der Waals surface area contributed by atoms with Crippen LogP contribution >= 0.6 is 11.6 Å². The molecule has 0 radical (unpaired) electrons. The highest BCUT2D eigenvalue weighted by atomic mass is 35.5. The molecule has 2 N–H and O–H groups in total. The molecule has 0 amide bonds. The minimum absolute atomic E-state index is 0.0403. The monoisotopic (exact) mass is 291 g/mol. The highest BCUT2D eigenvalue weighted by molar-refractivity contribution is 6.31. The number of nitrogens with one attached hydrogen (secondary N) is 2. The van der Waals surface area contributed by atoms with Crippen LogP contribution in [0.1, 0.15) is 5.56 Å². The summed E-state index contributed by atoms with van der Waals surface area (Å²) in [6.07, 6.45) is 0. The average molecular weight is 292 g/mol. The molecule has 0 saturated carbocycles. The SMILES string of the molecule is CNc1cc(NCc2ccccc2Cl)cc([N+](=O)[O-])c1. The molecule has 0 saturated heterocycles. The van der Waals surface area contributed by atoms with Crippen LogP contribution in [-0.2, 0) is 6.54 Å². The fourth-order valence-electron chi connectivity index (χ4n) is 1.80. The van der Waals surface area contributed by atoms with Crippen molar-refractivity contribution in [3.8, 4) is 0 Å². The lowest BCUT2D eigenvalue weighted by Crippen LogP contribution is -2.02. The van der Waals surface area contributed by atoms with Crippen molar-refractivity contribution in [2.24, 2.45) is 0 Å². The van der Waals surface area contributed by atoms with E-state index in [2.05, 4.69) is 10.6 Å². The fourth-order valence-corrected chi connectivity index (χ4v) is 2.00. The first-order valence-electron chi connectivity index (χ1n) is 6.04. The molecule has 0 unspecified atom stereocenters. The topological polar surface area (TPSA) is 67.2 Å². The van der Waals surface area contributed by atoms with Crippen LogP contribution < -0.4 is 10.6 Å². The van der Waals surface area contributed by atoms with Crippen LogP contribution in [0.25, 0.3) is 0 Å². The number of anilines is 2. The van der Waals surface area contributed by atoms with Gasteiger partial charge in [0.15, 0.2) is 0 Å². The van der Waals surface area contributed by atoms with Gasteiger partial charge in [-0.25, -0.2) is 0 Å². The molecule has 104 valence electrons. The molecule has 0 aliphatic rings.